The lowest BCUT2D eigenvalue weighted by atomic mass is 9.97. The Morgan fingerprint density at radius 2 is 1.77 bits per heavy atom. The van der Waals surface area contributed by atoms with Gasteiger partial charge in [0.05, 0.1) is 16.6 Å². The molecule has 2 amide bonds. The molecule has 1 fully saturated rings. The molecular formula is C25H33N5O4S. The van der Waals surface area contributed by atoms with Gasteiger partial charge in [-0.05, 0) is 55.5 Å². The molecule has 0 unspecified atom stereocenters. The van der Waals surface area contributed by atoms with E-state index in [1.54, 1.807) is 35.2 Å². The van der Waals surface area contributed by atoms with Crippen LogP contribution in [0.4, 0.5) is 5.69 Å². The van der Waals surface area contributed by atoms with Gasteiger partial charge in [0.15, 0.2) is 9.84 Å². The average molecular weight is 500 g/mol. The van der Waals surface area contributed by atoms with E-state index in [1.807, 2.05) is 6.07 Å². The highest BCUT2D eigenvalue weighted by Gasteiger charge is 2.31. The molecule has 0 bridgehead atoms. The van der Waals surface area contributed by atoms with Gasteiger partial charge < -0.3 is 21.7 Å². The molecule has 188 valence electrons. The van der Waals surface area contributed by atoms with Crippen molar-refractivity contribution in [2.75, 3.05) is 30.7 Å². The molecule has 0 spiro atoms. The third kappa shape index (κ3) is 7.37. The smallest absolute Gasteiger partial charge is 0.227 e. The maximum absolute atomic E-state index is 13.4. The first-order valence-electron chi connectivity index (χ1n) is 11.7. The van der Waals surface area contributed by atoms with Crippen molar-refractivity contribution in [3.8, 4) is 0 Å². The number of piperidine rings is 1. The molecule has 0 aliphatic carbocycles. The lowest BCUT2D eigenvalue weighted by molar-refractivity contribution is -0.135. The molecule has 1 aliphatic rings. The van der Waals surface area contributed by atoms with Gasteiger partial charge in [0.2, 0.25) is 11.8 Å². The van der Waals surface area contributed by atoms with Crippen LogP contribution in [0.2, 0.25) is 0 Å². The summed E-state index contributed by atoms with van der Waals surface area (Å²) < 4.78 is 26.8. The summed E-state index contributed by atoms with van der Waals surface area (Å²) in [6.45, 7) is 1.42. The zero-order valence-electron chi connectivity index (χ0n) is 19.7. The summed E-state index contributed by atoms with van der Waals surface area (Å²) in [5.41, 5.74) is 12.6. The molecule has 0 saturated carbocycles. The second-order valence-corrected chi connectivity index (χ2v) is 10.8. The minimum Gasteiger partial charge on any atom is -0.384 e. The summed E-state index contributed by atoms with van der Waals surface area (Å²) in [6.07, 6.45) is 3.19. The van der Waals surface area contributed by atoms with Crippen molar-refractivity contribution in [1.82, 2.24) is 4.90 Å². The number of carbonyl (C=O) groups is 2. The number of rotatable bonds is 10. The Balaban J connectivity index is 1.87. The molecule has 2 aromatic carbocycles. The largest absolute Gasteiger partial charge is 0.384 e. The number of anilines is 1. The number of nitrogens with zero attached hydrogens (tertiary/aromatic N) is 1. The fraction of sp³-hybridized carbons (Fsp3) is 0.400. The van der Waals surface area contributed by atoms with Crippen LogP contribution in [0.25, 0.3) is 0 Å². The third-order valence-electron chi connectivity index (χ3n) is 6.01. The molecule has 2 aromatic rings. The van der Waals surface area contributed by atoms with Crippen molar-refractivity contribution in [3.05, 3.63) is 59.7 Å². The van der Waals surface area contributed by atoms with Crippen molar-refractivity contribution in [2.45, 2.75) is 37.0 Å². The number of hydrogen-bond donors (Lipinski definition) is 4. The first-order valence-corrected chi connectivity index (χ1v) is 13.4. The maximum atomic E-state index is 13.4. The number of likely N-dealkylation sites (tertiary alicyclic amines) is 1. The predicted molar refractivity (Wildman–Crippen MR) is 136 cm³/mol. The predicted octanol–water partition coefficient (Wildman–Crippen LogP) is 1.90. The molecule has 0 aromatic heterocycles. The minimum absolute atomic E-state index is 0.0389. The SMILES string of the molecule is N=C(N)c1cccc(C[C@H](CS(=O)(=O)c2cccc(NC(=O)CCN)c2)C(=O)N2CCCCC2)c1. The van der Waals surface area contributed by atoms with Crippen LogP contribution in [0.5, 0.6) is 0 Å². The average Bonchev–Trinajstić information content (AvgIpc) is 2.84. The van der Waals surface area contributed by atoms with Gasteiger partial charge in [-0.25, -0.2) is 8.42 Å². The second kappa shape index (κ2) is 11.9. The quantitative estimate of drug-likeness (QED) is 0.289. The van der Waals surface area contributed by atoms with E-state index in [0.29, 0.717) is 24.3 Å². The van der Waals surface area contributed by atoms with Crippen LogP contribution >= 0.6 is 0 Å². The van der Waals surface area contributed by atoms with Crippen molar-refractivity contribution < 1.29 is 18.0 Å². The van der Waals surface area contributed by atoms with E-state index < -0.39 is 15.8 Å². The zero-order chi connectivity index (χ0) is 25.4. The summed E-state index contributed by atoms with van der Waals surface area (Å²) in [7, 11) is -3.85. The number of nitrogens with one attached hydrogen (secondary N) is 2. The second-order valence-electron chi connectivity index (χ2n) is 8.80. The lowest BCUT2D eigenvalue weighted by Gasteiger charge is -2.30. The van der Waals surface area contributed by atoms with E-state index in [0.717, 1.165) is 24.8 Å². The summed E-state index contributed by atoms with van der Waals surface area (Å²) in [5, 5.41) is 10.3. The summed E-state index contributed by atoms with van der Waals surface area (Å²) in [4.78, 5) is 27.1. The van der Waals surface area contributed by atoms with E-state index in [4.69, 9.17) is 16.9 Å². The van der Waals surface area contributed by atoms with Gasteiger partial charge in [-0.2, -0.15) is 0 Å². The first kappa shape index (κ1) is 26.4. The molecule has 0 radical (unpaired) electrons. The molecule has 1 aliphatic heterocycles. The van der Waals surface area contributed by atoms with Gasteiger partial charge in [0.1, 0.15) is 5.84 Å². The van der Waals surface area contributed by atoms with E-state index in [1.165, 1.54) is 12.1 Å². The number of carbonyl (C=O) groups excluding carboxylic acids is 2. The van der Waals surface area contributed by atoms with Crippen LogP contribution in [0, 0.1) is 11.3 Å². The molecule has 1 heterocycles. The lowest BCUT2D eigenvalue weighted by Crippen LogP contribution is -2.42. The number of amides is 2. The monoisotopic (exact) mass is 499 g/mol. The number of nitrogens with two attached hydrogens (primary N) is 2. The van der Waals surface area contributed by atoms with E-state index in [9.17, 15) is 18.0 Å². The Labute approximate surface area is 206 Å². The normalized spacial score (nSPS) is 14.8. The highest BCUT2D eigenvalue weighted by molar-refractivity contribution is 7.91. The summed E-state index contributed by atoms with van der Waals surface area (Å²) in [6, 6.07) is 13.0. The van der Waals surface area contributed by atoms with Crippen molar-refractivity contribution in [3.63, 3.8) is 0 Å². The van der Waals surface area contributed by atoms with Crippen molar-refractivity contribution >= 4 is 33.2 Å². The van der Waals surface area contributed by atoms with Crippen molar-refractivity contribution in [2.24, 2.45) is 17.4 Å². The molecule has 9 nitrogen and oxygen atoms in total. The van der Waals surface area contributed by atoms with Gasteiger partial charge in [0, 0.05) is 37.3 Å². The van der Waals surface area contributed by atoms with Crippen LogP contribution in [-0.4, -0.2) is 56.4 Å². The highest BCUT2D eigenvalue weighted by atomic mass is 32.2. The third-order valence-corrected chi connectivity index (χ3v) is 7.82. The molecule has 6 N–H and O–H groups in total. The topological polar surface area (TPSA) is 159 Å². The van der Waals surface area contributed by atoms with Crippen LogP contribution in [0.3, 0.4) is 0 Å². The molecule has 35 heavy (non-hydrogen) atoms. The Morgan fingerprint density at radius 1 is 1.06 bits per heavy atom. The molecular weight excluding hydrogens is 466 g/mol. The first-order chi connectivity index (χ1) is 16.7. The van der Waals surface area contributed by atoms with Gasteiger partial charge in [0.25, 0.3) is 0 Å². The van der Waals surface area contributed by atoms with Crippen LogP contribution in [0.1, 0.15) is 36.8 Å². The molecule has 10 heteroatoms. The minimum atomic E-state index is -3.85. The number of amidine groups is 1. The summed E-state index contributed by atoms with van der Waals surface area (Å²) >= 11 is 0. The van der Waals surface area contributed by atoms with E-state index in [-0.39, 0.29) is 47.7 Å². The summed E-state index contributed by atoms with van der Waals surface area (Å²) in [5.74, 6) is -1.74. The number of benzene rings is 2. The van der Waals surface area contributed by atoms with Crippen molar-refractivity contribution in [1.29, 1.82) is 5.41 Å². The number of hydrogen-bond acceptors (Lipinski definition) is 6. The zero-order valence-corrected chi connectivity index (χ0v) is 20.5. The van der Waals surface area contributed by atoms with Gasteiger partial charge >= 0.3 is 0 Å². The Hall–Kier alpha value is -3.24. The fourth-order valence-corrected chi connectivity index (χ4v) is 5.80. The van der Waals surface area contributed by atoms with Crippen LogP contribution in [0.15, 0.2) is 53.4 Å². The highest BCUT2D eigenvalue weighted by Crippen LogP contribution is 2.23. The Kier molecular flexibility index (Phi) is 9.00. The Bertz CT molecular complexity index is 1180. The molecule has 1 saturated heterocycles. The van der Waals surface area contributed by atoms with E-state index >= 15 is 0 Å². The Morgan fingerprint density at radius 3 is 2.46 bits per heavy atom. The maximum Gasteiger partial charge on any atom is 0.227 e. The number of nitrogen functional groups attached to an aromatic ring is 1. The van der Waals surface area contributed by atoms with Crippen LogP contribution < -0.4 is 16.8 Å². The standard InChI is InChI=1S/C25H33N5O4S/c26-11-10-23(31)29-21-8-5-9-22(16-21)35(33,34)17-20(25(32)30-12-2-1-3-13-30)15-18-6-4-7-19(14-18)24(27)28/h4-9,14,16,20H,1-3,10-13,15,17,26H2,(H3,27,28)(H,29,31)/t20-/m1/s1. The molecule has 1 atom stereocenters. The number of sulfone groups is 1. The fourth-order valence-electron chi connectivity index (χ4n) is 4.22. The van der Waals surface area contributed by atoms with Crippen LogP contribution in [-0.2, 0) is 25.8 Å². The van der Waals surface area contributed by atoms with Gasteiger partial charge in [-0.1, -0.05) is 24.3 Å². The molecule has 3 rings (SSSR count). The van der Waals surface area contributed by atoms with Gasteiger partial charge in [-0.15, -0.1) is 0 Å². The van der Waals surface area contributed by atoms with E-state index in [2.05, 4.69) is 5.32 Å². The van der Waals surface area contributed by atoms with Gasteiger partial charge in [-0.3, -0.25) is 15.0 Å².